The van der Waals surface area contributed by atoms with Crippen LogP contribution >= 0.6 is 0 Å². The van der Waals surface area contributed by atoms with Gasteiger partial charge in [0.15, 0.2) is 0 Å². The molecule has 1 spiro atoms. The van der Waals surface area contributed by atoms with Gasteiger partial charge < -0.3 is 14.5 Å². The molecule has 0 N–H and O–H groups in total. The summed E-state index contributed by atoms with van der Waals surface area (Å²) in [5.41, 5.74) is 0.905. The highest BCUT2D eigenvalue weighted by atomic mass is 16.5. The van der Waals surface area contributed by atoms with Gasteiger partial charge in [0.25, 0.3) is 0 Å². The van der Waals surface area contributed by atoms with Crippen LogP contribution in [0.4, 0.5) is 0 Å². The van der Waals surface area contributed by atoms with Crippen molar-refractivity contribution < 1.29 is 14.3 Å². The minimum atomic E-state index is -0.293. The summed E-state index contributed by atoms with van der Waals surface area (Å²) in [6.07, 6.45) is 2.92. The zero-order valence-electron chi connectivity index (χ0n) is 14.5. The molecule has 1 aromatic rings. The average molecular weight is 330 g/mol. The molecule has 2 heterocycles. The van der Waals surface area contributed by atoms with Crippen molar-refractivity contribution in [3.8, 4) is 0 Å². The Morgan fingerprint density at radius 3 is 2.58 bits per heavy atom. The van der Waals surface area contributed by atoms with E-state index in [9.17, 15) is 9.59 Å². The molecule has 0 unspecified atom stereocenters. The Labute approximate surface area is 143 Å². The second kappa shape index (κ2) is 6.93. The van der Waals surface area contributed by atoms with E-state index in [4.69, 9.17) is 4.74 Å². The first-order valence-electron chi connectivity index (χ1n) is 8.73. The van der Waals surface area contributed by atoms with Gasteiger partial charge in [-0.3, -0.25) is 9.59 Å². The van der Waals surface area contributed by atoms with E-state index in [2.05, 4.69) is 12.1 Å². The van der Waals surface area contributed by atoms with E-state index in [0.717, 1.165) is 19.3 Å². The standard InChI is InChI=1S/C19H26N2O3/c1-15-19(24-14-18(23)20(15)2)10-12-21(13-11-19)17(22)9-8-16-6-4-3-5-7-16/h3-7,15H,8-14H2,1-2H3/t15-/m0/s1. The molecule has 1 atom stereocenters. The molecule has 2 amide bonds. The third-order valence-corrected chi connectivity index (χ3v) is 5.65. The molecular formula is C19H26N2O3. The second-order valence-electron chi connectivity index (χ2n) is 6.90. The van der Waals surface area contributed by atoms with E-state index >= 15 is 0 Å². The van der Waals surface area contributed by atoms with Crippen molar-refractivity contribution in [3.05, 3.63) is 35.9 Å². The highest BCUT2D eigenvalue weighted by Gasteiger charge is 2.47. The summed E-state index contributed by atoms with van der Waals surface area (Å²) in [4.78, 5) is 28.0. The molecule has 0 saturated carbocycles. The van der Waals surface area contributed by atoms with Gasteiger partial charge >= 0.3 is 0 Å². The fraction of sp³-hybridized carbons (Fsp3) is 0.579. The molecule has 3 rings (SSSR count). The Morgan fingerprint density at radius 2 is 1.92 bits per heavy atom. The summed E-state index contributed by atoms with van der Waals surface area (Å²) in [5.74, 6) is 0.246. The number of ether oxygens (including phenoxy) is 1. The van der Waals surface area contributed by atoms with E-state index in [-0.39, 0.29) is 30.1 Å². The first-order chi connectivity index (χ1) is 11.5. The van der Waals surface area contributed by atoms with Crippen LogP contribution in [0.25, 0.3) is 0 Å². The minimum Gasteiger partial charge on any atom is -0.363 e. The fourth-order valence-corrected chi connectivity index (χ4v) is 3.75. The van der Waals surface area contributed by atoms with Crippen LogP contribution < -0.4 is 0 Å². The number of likely N-dealkylation sites (tertiary alicyclic amines) is 1. The maximum absolute atomic E-state index is 12.5. The lowest BCUT2D eigenvalue weighted by atomic mass is 9.82. The molecule has 130 valence electrons. The van der Waals surface area contributed by atoms with Gasteiger partial charge in [-0.25, -0.2) is 0 Å². The lowest BCUT2D eigenvalue weighted by molar-refractivity contribution is -0.184. The minimum absolute atomic E-state index is 0.0366. The second-order valence-corrected chi connectivity index (χ2v) is 6.90. The molecule has 2 fully saturated rings. The molecule has 5 nitrogen and oxygen atoms in total. The topological polar surface area (TPSA) is 49.9 Å². The van der Waals surface area contributed by atoms with Crippen LogP contribution in [0.2, 0.25) is 0 Å². The van der Waals surface area contributed by atoms with E-state index in [1.165, 1.54) is 5.56 Å². The summed E-state index contributed by atoms with van der Waals surface area (Å²) in [6.45, 7) is 3.62. The SMILES string of the molecule is C[C@@H]1N(C)C(=O)COC12CCN(C(=O)CCc1ccccc1)CC2. The van der Waals surface area contributed by atoms with Gasteiger partial charge in [-0.05, 0) is 31.7 Å². The van der Waals surface area contributed by atoms with Crippen LogP contribution in [-0.4, -0.2) is 60.0 Å². The molecule has 0 aromatic heterocycles. The number of piperidine rings is 1. The lowest BCUT2D eigenvalue weighted by Gasteiger charge is -2.50. The van der Waals surface area contributed by atoms with E-state index < -0.39 is 0 Å². The van der Waals surface area contributed by atoms with E-state index in [0.29, 0.717) is 19.5 Å². The van der Waals surface area contributed by atoms with Crippen LogP contribution in [-0.2, 0) is 20.7 Å². The predicted molar refractivity (Wildman–Crippen MR) is 91.5 cm³/mol. The highest BCUT2D eigenvalue weighted by molar-refractivity contribution is 5.78. The zero-order chi connectivity index (χ0) is 17.2. The van der Waals surface area contributed by atoms with Crippen LogP contribution in [0, 0.1) is 0 Å². The Hall–Kier alpha value is -1.88. The van der Waals surface area contributed by atoms with Gasteiger partial charge in [-0.2, -0.15) is 0 Å². The number of likely N-dealkylation sites (N-methyl/N-ethyl adjacent to an activating group) is 1. The number of rotatable bonds is 3. The van der Waals surface area contributed by atoms with Crippen LogP contribution in [0.15, 0.2) is 30.3 Å². The van der Waals surface area contributed by atoms with Crippen LogP contribution in [0.1, 0.15) is 31.7 Å². The van der Waals surface area contributed by atoms with Gasteiger partial charge in [0.05, 0.1) is 11.6 Å². The number of amides is 2. The summed E-state index contributed by atoms with van der Waals surface area (Å²) >= 11 is 0. The number of hydrogen-bond acceptors (Lipinski definition) is 3. The molecule has 0 radical (unpaired) electrons. The maximum Gasteiger partial charge on any atom is 0.248 e. The molecule has 24 heavy (non-hydrogen) atoms. The largest absolute Gasteiger partial charge is 0.363 e. The Morgan fingerprint density at radius 1 is 1.25 bits per heavy atom. The molecule has 2 aliphatic heterocycles. The molecule has 2 saturated heterocycles. The van der Waals surface area contributed by atoms with Crippen molar-refractivity contribution in [1.82, 2.24) is 9.80 Å². The maximum atomic E-state index is 12.5. The van der Waals surface area contributed by atoms with E-state index in [1.807, 2.05) is 37.1 Å². The Kier molecular flexibility index (Phi) is 4.90. The van der Waals surface area contributed by atoms with E-state index in [1.54, 1.807) is 4.90 Å². The van der Waals surface area contributed by atoms with Crippen molar-refractivity contribution in [3.63, 3.8) is 0 Å². The summed E-state index contributed by atoms with van der Waals surface area (Å²) in [6, 6.07) is 10.2. The lowest BCUT2D eigenvalue weighted by Crippen LogP contribution is -2.63. The Balaban J connectivity index is 1.53. The molecular weight excluding hydrogens is 304 g/mol. The van der Waals surface area contributed by atoms with Crippen LogP contribution in [0.5, 0.6) is 0 Å². The number of morpholine rings is 1. The quantitative estimate of drug-likeness (QED) is 0.850. The number of hydrogen-bond donors (Lipinski definition) is 0. The van der Waals surface area contributed by atoms with Gasteiger partial charge in [0, 0.05) is 26.6 Å². The van der Waals surface area contributed by atoms with Crippen molar-refractivity contribution >= 4 is 11.8 Å². The zero-order valence-corrected chi connectivity index (χ0v) is 14.5. The molecule has 0 aliphatic carbocycles. The fourth-order valence-electron chi connectivity index (χ4n) is 3.75. The number of carbonyl (C=O) groups excluding carboxylic acids is 2. The molecule has 0 bridgehead atoms. The summed E-state index contributed by atoms with van der Waals surface area (Å²) < 4.78 is 5.93. The first-order valence-corrected chi connectivity index (χ1v) is 8.73. The molecule has 2 aliphatic rings. The monoisotopic (exact) mass is 330 g/mol. The van der Waals surface area contributed by atoms with Crippen molar-refractivity contribution in [2.75, 3.05) is 26.7 Å². The average Bonchev–Trinajstić information content (AvgIpc) is 2.63. The van der Waals surface area contributed by atoms with Crippen molar-refractivity contribution in [1.29, 1.82) is 0 Å². The van der Waals surface area contributed by atoms with Gasteiger partial charge in [0.2, 0.25) is 11.8 Å². The van der Waals surface area contributed by atoms with Gasteiger partial charge in [-0.15, -0.1) is 0 Å². The number of benzene rings is 1. The molecule has 1 aromatic carbocycles. The van der Waals surface area contributed by atoms with Crippen molar-refractivity contribution in [2.45, 2.75) is 44.2 Å². The predicted octanol–water partition coefficient (Wildman–Crippen LogP) is 1.86. The third-order valence-electron chi connectivity index (χ3n) is 5.65. The summed E-state index contributed by atoms with van der Waals surface area (Å²) in [7, 11) is 1.84. The highest BCUT2D eigenvalue weighted by Crippen LogP contribution is 2.35. The van der Waals surface area contributed by atoms with Crippen molar-refractivity contribution in [2.24, 2.45) is 0 Å². The normalized spacial score (nSPS) is 23.6. The Bertz CT molecular complexity index is 594. The number of nitrogens with zero attached hydrogens (tertiary/aromatic N) is 2. The summed E-state index contributed by atoms with van der Waals surface area (Å²) in [5, 5.41) is 0. The van der Waals surface area contributed by atoms with Gasteiger partial charge in [0.1, 0.15) is 6.61 Å². The molecule has 5 heteroatoms. The van der Waals surface area contributed by atoms with Gasteiger partial charge in [-0.1, -0.05) is 30.3 Å². The smallest absolute Gasteiger partial charge is 0.248 e. The van der Waals surface area contributed by atoms with Crippen LogP contribution in [0.3, 0.4) is 0 Å². The number of carbonyl (C=O) groups is 2. The third kappa shape index (κ3) is 3.31. The number of aryl methyl sites for hydroxylation is 1. The first kappa shape index (κ1) is 17.0.